The van der Waals surface area contributed by atoms with Gasteiger partial charge in [0, 0.05) is 11.6 Å². The van der Waals surface area contributed by atoms with Crippen LogP contribution in [0, 0.1) is 0 Å². The summed E-state index contributed by atoms with van der Waals surface area (Å²) in [7, 11) is 1.55. The molecule has 0 bridgehead atoms. The molecule has 1 N–H and O–H groups in total. The molecule has 1 aromatic rings. The highest BCUT2D eigenvalue weighted by atomic mass is 79.9. The van der Waals surface area contributed by atoms with Crippen LogP contribution < -0.4 is 14.8 Å². The van der Waals surface area contributed by atoms with Crippen LogP contribution >= 0.6 is 15.9 Å². The molecule has 0 aliphatic heterocycles. The van der Waals surface area contributed by atoms with Crippen molar-refractivity contribution in [2.24, 2.45) is 0 Å². The molecule has 0 spiro atoms. The van der Waals surface area contributed by atoms with E-state index < -0.39 is 0 Å². The molecule has 0 fully saturated rings. The zero-order valence-corrected chi connectivity index (χ0v) is 12.6. The molecule has 1 rings (SSSR count). The van der Waals surface area contributed by atoms with E-state index in [1.54, 1.807) is 19.2 Å². The summed E-state index contributed by atoms with van der Waals surface area (Å²) in [5.41, 5.74) is 0.538. The molecule has 100 valence electrons. The van der Waals surface area contributed by atoms with Crippen LogP contribution in [0.5, 0.6) is 11.5 Å². The summed E-state index contributed by atoms with van der Waals surface area (Å²) in [5.74, 6) is 1.02. The average Bonchev–Trinajstić information content (AvgIpc) is 2.30. The fraction of sp³-hybridized carbons (Fsp3) is 0.462. The molecule has 0 aliphatic carbocycles. The minimum Gasteiger partial charge on any atom is -0.493 e. The van der Waals surface area contributed by atoms with Crippen LogP contribution in [-0.4, -0.2) is 25.7 Å². The predicted octanol–water partition coefficient (Wildman–Crippen LogP) is 2.99. The molecule has 0 aliphatic rings. The van der Waals surface area contributed by atoms with Crippen molar-refractivity contribution < 1.29 is 14.3 Å². The lowest BCUT2D eigenvalue weighted by atomic mass is 10.1. The Hall–Kier alpha value is -1.23. The molecule has 0 aromatic heterocycles. The summed E-state index contributed by atoms with van der Waals surface area (Å²) in [6.07, 6.45) is 0. The van der Waals surface area contributed by atoms with Crippen LogP contribution in [0.2, 0.25) is 0 Å². The van der Waals surface area contributed by atoms with E-state index in [2.05, 4.69) is 21.2 Å². The molecule has 1 amide bonds. The number of hydrogen-bond donors (Lipinski definition) is 1. The lowest BCUT2D eigenvalue weighted by Gasteiger charge is -2.14. The molecule has 0 radical (unpaired) electrons. The first kappa shape index (κ1) is 14.8. The van der Waals surface area contributed by atoms with Crippen molar-refractivity contribution in [1.82, 2.24) is 5.32 Å². The van der Waals surface area contributed by atoms with E-state index >= 15 is 0 Å². The summed E-state index contributed by atoms with van der Waals surface area (Å²) in [5, 5.41) is 2.83. The normalized spacial score (nSPS) is 10.3. The van der Waals surface area contributed by atoms with E-state index in [0.29, 0.717) is 28.1 Å². The maximum atomic E-state index is 11.9. The number of methoxy groups -OCH3 is 1. The summed E-state index contributed by atoms with van der Waals surface area (Å²) in [6, 6.07) is 3.49. The van der Waals surface area contributed by atoms with Gasteiger partial charge in [0.05, 0.1) is 18.2 Å². The molecular formula is C13H18BrNO3. The summed E-state index contributed by atoms with van der Waals surface area (Å²) >= 11 is 3.39. The van der Waals surface area contributed by atoms with E-state index in [1.807, 2.05) is 20.8 Å². The minimum absolute atomic E-state index is 0.0915. The standard InChI is InChI=1S/C13H18BrNO3/c1-5-18-12-10(14)6-9(7-11(12)17-4)13(16)15-8(2)3/h6-8H,5H2,1-4H3,(H,15,16). The maximum absolute atomic E-state index is 11.9. The molecule has 0 saturated heterocycles. The molecule has 4 nitrogen and oxygen atoms in total. The smallest absolute Gasteiger partial charge is 0.251 e. The molecule has 0 atom stereocenters. The SMILES string of the molecule is CCOc1c(Br)cc(C(=O)NC(C)C)cc1OC. The first-order valence-corrected chi connectivity index (χ1v) is 6.60. The number of carbonyl (C=O) groups is 1. The third-order valence-electron chi connectivity index (χ3n) is 2.20. The summed E-state index contributed by atoms with van der Waals surface area (Å²) < 4.78 is 11.4. The Balaban J connectivity index is 3.10. The second-order valence-electron chi connectivity index (χ2n) is 4.05. The first-order chi connectivity index (χ1) is 8.49. The van der Waals surface area contributed by atoms with Crippen LogP contribution in [0.4, 0.5) is 0 Å². The van der Waals surface area contributed by atoms with Gasteiger partial charge in [0.2, 0.25) is 0 Å². The molecule has 0 unspecified atom stereocenters. The van der Waals surface area contributed by atoms with Gasteiger partial charge in [0.15, 0.2) is 11.5 Å². The maximum Gasteiger partial charge on any atom is 0.251 e. The fourth-order valence-corrected chi connectivity index (χ4v) is 2.04. The Morgan fingerprint density at radius 2 is 2.11 bits per heavy atom. The van der Waals surface area contributed by atoms with Gasteiger partial charge in [0.25, 0.3) is 5.91 Å². The molecule has 1 aromatic carbocycles. The number of amides is 1. The largest absolute Gasteiger partial charge is 0.493 e. The van der Waals surface area contributed by atoms with E-state index in [0.717, 1.165) is 0 Å². The quantitative estimate of drug-likeness (QED) is 0.908. The van der Waals surface area contributed by atoms with Crippen LogP contribution in [0.3, 0.4) is 0 Å². The van der Waals surface area contributed by atoms with Crippen LogP contribution in [0.25, 0.3) is 0 Å². The van der Waals surface area contributed by atoms with Crippen molar-refractivity contribution in [3.05, 3.63) is 22.2 Å². The monoisotopic (exact) mass is 315 g/mol. The van der Waals surface area contributed by atoms with Crippen molar-refractivity contribution in [1.29, 1.82) is 0 Å². The highest BCUT2D eigenvalue weighted by Crippen LogP contribution is 2.36. The Labute approximate surface area is 116 Å². The van der Waals surface area contributed by atoms with Gasteiger partial charge in [-0.1, -0.05) is 0 Å². The van der Waals surface area contributed by atoms with E-state index in [-0.39, 0.29) is 11.9 Å². The molecule has 0 saturated carbocycles. The number of ether oxygens (including phenoxy) is 2. The second-order valence-corrected chi connectivity index (χ2v) is 4.90. The van der Waals surface area contributed by atoms with Crippen LogP contribution in [0.1, 0.15) is 31.1 Å². The van der Waals surface area contributed by atoms with Crippen LogP contribution in [0.15, 0.2) is 16.6 Å². The van der Waals surface area contributed by atoms with Crippen molar-refractivity contribution in [2.75, 3.05) is 13.7 Å². The Morgan fingerprint density at radius 1 is 1.44 bits per heavy atom. The topological polar surface area (TPSA) is 47.6 Å². The van der Waals surface area contributed by atoms with E-state index in [9.17, 15) is 4.79 Å². The lowest BCUT2D eigenvalue weighted by molar-refractivity contribution is 0.0942. The number of rotatable bonds is 5. The van der Waals surface area contributed by atoms with Gasteiger partial charge in [-0.25, -0.2) is 0 Å². The second kappa shape index (κ2) is 6.64. The third-order valence-corrected chi connectivity index (χ3v) is 2.79. The Kier molecular flexibility index (Phi) is 5.47. The van der Waals surface area contributed by atoms with Crippen molar-refractivity contribution >= 4 is 21.8 Å². The van der Waals surface area contributed by atoms with Gasteiger partial charge in [-0.05, 0) is 48.8 Å². The summed E-state index contributed by atoms with van der Waals surface area (Å²) in [6.45, 7) is 6.26. The van der Waals surface area contributed by atoms with Gasteiger partial charge in [0.1, 0.15) is 0 Å². The minimum atomic E-state index is -0.132. The van der Waals surface area contributed by atoms with Gasteiger partial charge in [-0.2, -0.15) is 0 Å². The number of nitrogens with one attached hydrogen (secondary N) is 1. The number of benzene rings is 1. The van der Waals surface area contributed by atoms with E-state index in [4.69, 9.17) is 9.47 Å². The molecular weight excluding hydrogens is 298 g/mol. The van der Waals surface area contributed by atoms with Gasteiger partial charge >= 0.3 is 0 Å². The number of hydrogen-bond acceptors (Lipinski definition) is 3. The van der Waals surface area contributed by atoms with Gasteiger partial charge in [-0.3, -0.25) is 4.79 Å². The number of halogens is 1. The zero-order chi connectivity index (χ0) is 13.7. The predicted molar refractivity (Wildman–Crippen MR) is 74.5 cm³/mol. The van der Waals surface area contributed by atoms with Crippen LogP contribution in [-0.2, 0) is 0 Å². The van der Waals surface area contributed by atoms with Gasteiger partial charge < -0.3 is 14.8 Å². The number of carbonyl (C=O) groups excluding carboxylic acids is 1. The molecule has 0 heterocycles. The Morgan fingerprint density at radius 3 is 2.61 bits per heavy atom. The zero-order valence-electron chi connectivity index (χ0n) is 11.0. The average molecular weight is 316 g/mol. The lowest BCUT2D eigenvalue weighted by Crippen LogP contribution is -2.30. The van der Waals surface area contributed by atoms with Crippen molar-refractivity contribution in [3.8, 4) is 11.5 Å². The first-order valence-electron chi connectivity index (χ1n) is 5.80. The summed E-state index contributed by atoms with van der Waals surface area (Å²) in [4.78, 5) is 11.9. The van der Waals surface area contributed by atoms with E-state index in [1.165, 1.54) is 0 Å². The molecule has 18 heavy (non-hydrogen) atoms. The van der Waals surface area contributed by atoms with Gasteiger partial charge in [-0.15, -0.1) is 0 Å². The third kappa shape index (κ3) is 3.63. The molecule has 5 heteroatoms. The van der Waals surface area contributed by atoms with Crippen molar-refractivity contribution in [2.45, 2.75) is 26.8 Å². The van der Waals surface area contributed by atoms with Crippen molar-refractivity contribution in [3.63, 3.8) is 0 Å². The highest BCUT2D eigenvalue weighted by Gasteiger charge is 2.15. The Bertz CT molecular complexity index is 432. The fourth-order valence-electron chi connectivity index (χ4n) is 1.48. The highest BCUT2D eigenvalue weighted by molar-refractivity contribution is 9.10.